The summed E-state index contributed by atoms with van der Waals surface area (Å²) >= 11 is 0. The van der Waals surface area contributed by atoms with E-state index in [1.54, 1.807) is 17.0 Å². The standard InChI is InChI=1S/C24H22N2O3/c27-23(25-20-11-13-21(14-12-20)26-15-16-29-24(26)28)17-22(18-7-3-1-4-8-18)19-9-5-2-6-10-19/h1-14,22H,15-17H2,(H,25,27). The van der Waals surface area contributed by atoms with Crippen molar-refractivity contribution in [2.75, 3.05) is 23.4 Å². The molecule has 1 aliphatic rings. The molecule has 0 unspecified atom stereocenters. The Morgan fingerprint density at radius 1 is 0.897 bits per heavy atom. The van der Waals surface area contributed by atoms with Gasteiger partial charge in [-0.15, -0.1) is 0 Å². The summed E-state index contributed by atoms with van der Waals surface area (Å²) in [5.41, 5.74) is 3.68. The molecule has 1 heterocycles. The topological polar surface area (TPSA) is 58.6 Å². The number of nitrogens with zero attached hydrogens (tertiary/aromatic N) is 1. The zero-order valence-electron chi connectivity index (χ0n) is 16.0. The Balaban J connectivity index is 1.46. The minimum Gasteiger partial charge on any atom is -0.447 e. The first-order valence-electron chi connectivity index (χ1n) is 9.65. The molecule has 5 nitrogen and oxygen atoms in total. The predicted molar refractivity (Wildman–Crippen MR) is 113 cm³/mol. The van der Waals surface area contributed by atoms with E-state index in [-0.39, 0.29) is 17.9 Å². The lowest BCUT2D eigenvalue weighted by Crippen LogP contribution is -2.23. The molecular weight excluding hydrogens is 364 g/mol. The molecule has 4 rings (SSSR count). The number of carbonyl (C=O) groups excluding carboxylic acids is 2. The Bertz CT molecular complexity index is 933. The van der Waals surface area contributed by atoms with E-state index in [1.165, 1.54) is 0 Å². The van der Waals surface area contributed by atoms with Crippen molar-refractivity contribution >= 4 is 23.4 Å². The highest BCUT2D eigenvalue weighted by Crippen LogP contribution is 2.28. The Labute approximate surface area is 169 Å². The normalized spacial score (nSPS) is 13.4. The number of cyclic esters (lactones) is 1. The number of ether oxygens (including phenoxy) is 1. The monoisotopic (exact) mass is 386 g/mol. The molecular formula is C24H22N2O3. The maximum atomic E-state index is 12.8. The molecule has 1 aliphatic heterocycles. The van der Waals surface area contributed by atoms with Crippen LogP contribution in [-0.2, 0) is 9.53 Å². The van der Waals surface area contributed by atoms with Crippen molar-refractivity contribution in [2.24, 2.45) is 0 Å². The van der Waals surface area contributed by atoms with Gasteiger partial charge in [-0.1, -0.05) is 60.7 Å². The van der Waals surface area contributed by atoms with Crippen LogP contribution in [0, 0.1) is 0 Å². The zero-order chi connectivity index (χ0) is 20.1. The fourth-order valence-electron chi connectivity index (χ4n) is 3.55. The molecule has 0 saturated carbocycles. The van der Waals surface area contributed by atoms with Crippen molar-refractivity contribution in [2.45, 2.75) is 12.3 Å². The lowest BCUT2D eigenvalue weighted by Gasteiger charge is -2.18. The number of hydrogen-bond donors (Lipinski definition) is 1. The summed E-state index contributed by atoms with van der Waals surface area (Å²) in [6.45, 7) is 0.943. The summed E-state index contributed by atoms with van der Waals surface area (Å²) in [5.74, 6) is -0.0768. The molecule has 1 N–H and O–H groups in total. The highest BCUT2D eigenvalue weighted by Gasteiger charge is 2.23. The van der Waals surface area contributed by atoms with E-state index in [0.29, 0.717) is 25.3 Å². The number of nitrogens with one attached hydrogen (secondary N) is 1. The maximum absolute atomic E-state index is 12.8. The molecule has 0 spiro atoms. The maximum Gasteiger partial charge on any atom is 0.414 e. The van der Waals surface area contributed by atoms with Crippen LogP contribution < -0.4 is 10.2 Å². The Hall–Kier alpha value is -3.60. The van der Waals surface area contributed by atoms with Crippen LogP contribution >= 0.6 is 0 Å². The average Bonchev–Trinajstić information content (AvgIpc) is 3.20. The third-order valence-corrected chi connectivity index (χ3v) is 5.02. The minimum atomic E-state index is -0.338. The van der Waals surface area contributed by atoms with Crippen molar-refractivity contribution in [3.8, 4) is 0 Å². The molecule has 3 aromatic carbocycles. The van der Waals surface area contributed by atoms with Crippen molar-refractivity contribution in [3.05, 3.63) is 96.1 Å². The lowest BCUT2D eigenvalue weighted by atomic mass is 9.88. The van der Waals surface area contributed by atoms with Gasteiger partial charge in [-0.25, -0.2) is 4.79 Å². The van der Waals surface area contributed by atoms with Gasteiger partial charge in [-0.05, 0) is 35.4 Å². The molecule has 0 atom stereocenters. The van der Waals surface area contributed by atoms with Crippen LogP contribution in [0.15, 0.2) is 84.9 Å². The van der Waals surface area contributed by atoms with Crippen LogP contribution in [-0.4, -0.2) is 25.2 Å². The predicted octanol–water partition coefficient (Wildman–Crippen LogP) is 4.80. The first kappa shape index (κ1) is 18.7. The van der Waals surface area contributed by atoms with E-state index in [2.05, 4.69) is 29.6 Å². The van der Waals surface area contributed by atoms with Crippen LogP contribution in [0.2, 0.25) is 0 Å². The first-order valence-corrected chi connectivity index (χ1v) is 9.65. The van der Waals surface area contributed by atoms with Gasteiger partial charge in [0.05, 0.1) is 6.54 Å². The molecule has 146 valence electrons. The highest BCUT2D eigenvalue weighted by atomic mass is 16.6. The number of carbonyl (C=O) groups is 2. The van der Waals surface area contributed by atoms with Crippen LogP contribution in [0.3, 0.4) is 0 Å². The SMILES string of the molecule is O=C(CC(c1ccccc1)c1ccccc1)Nc1ccc(N2CCOC2=O)cc1. The van der Waals surface area contributed by atoms with Gasteiger partial charge in [-0.2, -0.15) is 0 Å². The van der Waals surface area contributed by atoms with Gasteiger partial charge in [0.15, 0.2) is 0 Å². The number of amides is 2. The molecule has 0 bridgehead atoms. The van der Waals surface area contributed by atoms with Gasteiger partial charge in [0.1, 0.15) is 6.61 Å². The zero-order valence-corrected chi connectivity index (χ0v) is 16.0. The fourth-order valence-corrected chi connectivity index (χ4v) is 3.55. The molecule has 3 aromatic rings. The minimum absolute atomic E-state index is 0.0176. The highest BCUT2D eigenvalue weighted by molar-refractivity contribution is 5.93. The second-order valence-electron chi connectivity index (χ2n) is 6.94. The van der Waals surface area contributed by atoms with Crippen LogP contribution in [0.1, 0.15) is 23.5 Å². The van der Waals surface area contributed by atoms with E-state index < -0.39 is 0 Å². The van der Waals surface area contributed by atoms with Crippen LogP contribution in [0.5, 0.6) is 0 Å². The van der Waals surface area contributed by atoms with Crippen molar-refractivity contribution in [1.29, 1.82) is 0 Å². The molecule has 2 amide bonds. The Morgan fingerprint density at radius 2 is 1.48 bits per heavy atom. The second-order valence-corrected chi connectivity index (χ2v) is 6.94. The fraction of sp³-hybridized carbons (Fsp3) is 0.167. The molecule has 0 aromatic heterocycles. The lowest BCUT2D eigenvalue weighted by molar-refractivity contribution is -0.116. The largest absolute Gasteiger partial charge is 0.447 e. The third-order valence-electron chi connectivity index (χ3n) is 5.02. The van der Waals surface area contributed by atoms with E-state index >= 15 is 0 Å². The Morgan fingerprint density at radius 3 is 2.00 bits per heavy atom. The summed E-state index contributed by atoms with van der Waals surface area (Å²) in [6.07, 6.45) is 0.00386. The second kappa shape index (κ2) is 8.61. The number of rotatable bonds is 6. The van der Waals surface area contributed by atoms with Crippen molar-refractivity contribution in [3.63, 3.8) is 0 Å². The number of benzene rings is 3. The number of anilines is 2. The van der Waals surface area contributed by atoms with Gasteiger partial charge in [-0.3, -0.25) is 9.69 Å². The molecule has 1 saturated heterocycles. The van der Waals surface area contributed by atoms with Gasteiger partial charge in [0, 0.05) is 23.7 Å². The summed E-state index contributed by atoms with van der Waals surface area (Å²) < 4.78 is 4.96. The van der Waals surface area contributed by atoms with E-state index in [1.807, 2.05) is 48.5 Å². The summed E-state index contributed by atoms with van der Waals surface area (Å²) in [5, 5.41) is 2.97. The first-order chi connectivity index (χ1) is 14.2. The third kappa shape index (κ3) is 4.46. The molecule has 0 aliphatic carbocycles. The summed E-state index contributed by atoms with van der Waals surface area (Å²) in [4.78, 5) is 26.0. The Kier molecular flexibility index (Phi) is 5.56. The quantitative estimate of drug-likeness (QED) is 0.662. The molecule has 5 heteroatoms. The number of hydrogen-bond acceptors (Lipinski definition) is 3. The van der Waals surface area contributed by atoms with Crippen molar-refractivity contribution in [1.82, 2.24) is 0 Å². The summed E-state index contributed by atoms with van der Waals surface area (Å²) in [6, 6.07) is 27.4. The van der Waals surface area contributed by atoms with Crippen LogP contribution in [0.4, 0.5) is 16.2 Å². The average molecular weight is 386 g/mol. The summed E-state index contributed by atoms with van der Waals surface area (Å²) in [7, 11) is 0. The molecule has 29 heavy (non-hydrogen) atoms. The molecule has 0 radical (unpaired) electrons. The van der Waals surface area contributed by atoms with E-state index in [9.17, 15) is 9.59 Å². The van der Waals surface area contributed by atoms with E-state index in [4.69, 9.17) is 4.74 Å². The van der Waals surface area contributed by atoms with Crippen molar-refractivity contribution < 1.29 is 14.3 Å². The van der Waals surface area contributed by atoms with Gasteiger partial charge < -0.3 is 10.1 Å². The van der Waals surface area contributed by atoms with Crippen LogP contribution in [0.25, 0.3) is 0 Å². The van der Waals surface area contributed by atoms with Gasteiger partial charge in [0.25, 0.3) is 0 Å². The van der Waals surface area contributed by atoms with Gasteiger partial charge >= 0.3 is 6.09 Å². The smallest absolute Gasteiger partial charge is 0.414 e. The van der Waals surface area contributed by atoms with Gasteiger partial charge in [0.2, 0.25) is 5.91 Å². The molecule has 1 fully saturated rings. The van der Waals surface area contributed by atoms with E-state index in [0.717, 1.165) is 16.8 Å².